The Labute approximate surface area is 134 Å². The van der Waals surface area contributed by atoms with Crippen LogP contribution in [0.15, 0.2) is 24.3 Å². The fourth-order valence-corrected chi connectivity index (χ4v) is 5.41. The summed E-state index contributed by atoms with van der Waals surface area (Å²) in [5.74, 6) is 0.420. The van der Waals surface area contributed by atoms with Crippen molar-refractivity contribution in [1.82, 2.24) is 9.80 Å². The fraction of sp³-hybridized carbons (Fsp3) is 0.556. The van der Waals surface area contributed by atoms with E-state index >= 15 is 0 Å². The summed E-state index contributed by atoms with van der Waals surface area (Å²) in [5, 5.41) is 11.7. The van der Waals surface area contributed by atoms with E-state index in [0.29, 0.717) is 30.0 Å². The van der Waals surface area contributed by atoms with Gasteiger partial charge in [0.25, 0.3) is 5.91 Å². The van der Waals surface area contributed by atoms with Gasteiger partial charge in [-0.05, 0) is 31.2 Å². The van der Waals surface area contributed by atoms with E-state index in [-0.39, 0.29) is 23.9 Å². The first-order chi connectivity index (χ1) is 11.1. The zero-order chi connectivity index (χ0) is 15.8. The average Bonchev–Trinajstić information content (AvgIpc) is 3.17. The molecule has 4 atom stereocenters. The zero-order valence-electron chi connectivity index (χ0n) is 12.9. The lowest BCUT2D eigenvalue weighted by molar-refractivity contribution is -0.147. The Morgan fingerprint density at radius 3 is 2.87 bits per heavy atom. The molecule has 5 heteroatoms. The number of carbonyl (C=O) groups excluding carboxylic acids is 2. The van der Waals surface area contributed by atoms with Crippen molar-refractivity contribution in [1.29, 1.82) is 0 Å². The van der Waals surface area contributed by atoms with Gasteiger partial charge in [0.15, 0.2) is 5.72 Å². The average molecular weight is 312 g/mol. The Morgan fingerprint density at radius 2 is 2.00 bits per heavy atom. The number of amides is 2. The van der Waals surface area contributed by atoms with E-state index in [0.717, 1.165) is 25.7 Å². The summed E-state index contributed by atoms with van der Waals surface area (Å²) in [7, 11) is 0. The third kappa shape index (κ3) is 1.51. The number of rotatable bonds is 0. The van der Waals surface area contributed by atoms with Crippen LogP contribution in [0.5, 0.6) is 0 Å². The molecule has 1 aliphatic carbocycles. The molecule has 0 unspecified atom stereocenters. The predicted molar refractivity (Wildman–Crippen MR) is 82.4 cm³/mol. The molecule has 1 aromatic carbocycles. The molecule has 2 amide bonds. The summed E-state index contributed by atoms with van der Waals surface area (Å²) in [5.41, 5.74) is -0.0968. The molecule has 1 saturated carbocycles. The molecular weight excluding hydrogens is 292 g/mol. The molecule has 3 heterocycles. The SMILES string of the molecule is O=C1CCN2C(=O)c3ccccc3[C@]2(O)[C@@H]2C[C@@H]3CCC[C@@H]3N12. The standard InChI is InChI=1S/C18H20N2O3/c21-16-8-9-19-17(22)12-5-1-2-6-13(12)18(19,23)15-10-11-4-3-7-14(11)20(15)16/h1-2,5-6,11,14-15,23H,3-4,7-10H2/t11-,14-,15-,18-/m0/s1. The van der Waals surface area contributed by atoms with Gasteiger partial charge in [0.1, 0.15) is 0 Å². The number of nitrogens with zero attached hydrogens (tertiary/aromatic N) is 2. The van der Waals surface area contributed by atoms with Crippen molar-refractivity contribution in [3.05, 3.63) is 35.4 Å². The lowest BCUT2D eigenvalue weighted by Crippen LogP contribution is -2.56. The van der Waals surface area contributed by atoms with Crippen LogP contribution in [0, 0.1) is 5.92 Å². The molecule has 1 aromatic rings. The van der Waals surface area contributed by atoms with E-state index < -0.39 is 5.72 Å². The van der Waals surface area contributed by atoms with E-state index in [9.17, 15) is 14.7 Å². The minimum atomic E-state index is -1.36. The summed E-state index contributed by atoms with van der Waals surface area (Å²) in [6, 6.07) is 7.26. The number of carbonyl (C=O) groups is 2. The minimum absolute atomic E-state index is 0.0949. The Balaban J connectivity index is 1.69. The highest BCUT2D eigenvalue weighted by Crippen LogP contribution is 2.52. The highest BCUT2D eigenvalue weighted by atomic mass is 16.3. The highest BCUT2D eigenvalue weighted by molar-refractivity contribution is 6.00. The first-order valence-electron chi connectivity index (χ1n) is 8.57. The first kappa shape index (κ1) is 13.5. The molecule has 0 aromatic heterocycles. The third-order valence-corrected chi connectivity index (χ3v) is 6.35. The molecule has 3 aliphatic heterocycles. The molecule has 120 valence electrons. The Kier molecular flexibility index (Phi) is 2.56. The molecule has 1 N–H and O–H groups in total. The van der Waals surface area contributed by atoms with Crippen molar-refractivity contribution in [3.63, 3.8) is 0 Å². The highest BCUT2D eigenvalue weighted by Gasteiger charge is 2.62. The number of hydrogen-bond acceptors (Lipinski definition) is 3. The van der Waals surface area contributed by atoms with E-state index in [1.54, 1.807) is 11.0 Å². The Morgan fingerprint density at radius 1 is 1.17 bits per heavy atom. The molecule has 0 bridgehead atoms. The van der Waals surface area contributed by atoms with Gasteiger partial charge in [0.2, 0.25) is 5.91 Å². The molecule has 4 aliphatic rings. The van der Waals surface area contributed by atoms with Crippen molar-refractivity contribution >= 4 is 11.8 Å². The number of fused-ring (bicyclic) bond motifs is 7. The third-order valence-electron chi connectivity index (χ3n) is 6.35. The minimum Gasteiger partial charge on any atom is -0.365 e. The van der Waals surface area contributed by atoms with Crippen LogP contribution in [0.4, 0.5) is 0 Å². The molecule has 5 nitrogen and oxygen atoms in total. The maximum Gasteiger partial charge on any atom is 0.256 e. The monoisotopic (exact) mass is 312 g/mol. The van der Waals surface area contributed by atoms with Crippen LogP contribution in [0.25, 0.3) is 0 Å². The smallest absolute Gasteiger partial charge is 0.256 e. The molecule has 0 spiro atoms. The second kappa shape index (κ2) is 4.35. The van der Waals surface area contributed by atoms with Crippen molar-refractivity contribution in [2.24, 2.45) is 5.92 Å². The molecule has 5 rings (SSSR count). The van der Waals surface area contributed by atoms with E-state index in [1.807, 2.05) is 23.1 Å². The summed E-state index contributed by atoms with van der Waals surface area (Å²) < 4.78 is 0. The molecular formula is C18H20N2O3. The van der Waals surface area contributed by atoms with Gasteiger partial charge in [-0.1, -0.05) is 24.6 Å². The molecule has 23 heavy (non-hydrogen) atoms. The summed E-state index contributed by atoms with van der Waals surface area (Å²) in [6.07, 6.45) is 4.41. The second-order valence-corrected chi connectivity index (χ2v) is 7.29. The number of benzene rings is 1. The normalized spacial score (nSPS) is 38.2. The Bertz CT molecular complexity index is 718. The van der Waals surface area contributed by atoms with Gasteiger partial charge in [-0.15, -0.1) is 0 Å². The van der Waals surface area contributed by atoms with Crippen LogP contribution in [0.1, 0.15) is 48.0 Å². The quantitative estimate of drug-likeness (QED) is 0.789. The van der Waals surface area contributed by atoms with Crippen LogP contribution in [0.2, 0.25) is 0 Å². The van der Waals surface area contributed by atoms with E-state index in [1.165, 1.54) is 0 Å². The maximum atomic E-state index is 12.8. The molecule has 0 radical (unpaired) electrons. The van der Waals surface area contributed by atoms with Gasteiger partial charge in [-0.25, -0.2) is 0 Å². The fourth-order valence-electron chi connectivity index (χ4n) is 5.41. The van der Waals surface area contributed by atoms with Crippen LogP contribution in [-0.4, -0.2) is 45.3 Å². The lowest BCUT2D eigenvalue weighted by Gasteiger charge is -2.40. The second-order valence-electron chi connectivity index (χ2n) is 7.29. The van der Waals surface area contributed by atoms with Crippen molar-refractivity contribution in [2.75, 3.05) is 6.54 Å². The predicted octanol–water partition coefficient (Wildman–Crippen LogP) is 1.46. The van der Waals surface area contributed by atoms with E-state index in [2.05, 4.69) is 0 Å². The summed E-state index contributed by atoms with van der Waals surface area (Å²) in [6.45, 7) is 0.299. The maximum absolute atomic E-state index is 12.8. The van der Waals surface area contributed by atoms with Gasteiger partial charge >= 0.3 is 0 Å². The summed E-state index contributed by atoms with van der Waals surface area (Å²) in [4.78, 5) is 29.0. The Hall–Kier alpha value is -1.88. The van der Waals surface area contributed by atoms with Crippen molar-refractivity contribution in [3.8, 4) is 0 Å². The summed E-state index contributed by atoms with van der Waals surface area (Å²) >= 11 is 0. The number of hydrogen-bond donors (Lipinski definition) is 1. The lowest BCUT2D eigenvalue weighted by atomic mass is 9.90. The topological polar surface area (TPSA) is 60.9 Å². The van der Waals surface area contributed by atoms with Crippen LogP contribution >= 0.6 is 0 Å². The van der Waals surface area contributed by atoms with Gasteiger partial charge in [0, 0.05) is 30.1 Å². The largest absolute Gasteiger partial charge is 0.365 e. The van der Waals surface area contributed by atoms with Gasteiger partial charge in [0.05, 0.1) is 6.04 Å². The van der Waals surface area contributed by atoms with Crippen molar-refractivity contribution in [2.45, 2.75) is 49.9 Å². The van der Waals surface area contributed by atoms with Crippen LogP contribution in [-0.2, 0) is 10.5 Å². The van der Waals surface area contributed by atoms with Crippen molar-refractivity contribution < 1.29 is 14.7 Å². The molecule has 3 fully saturated rings. The zero-order valence-corrected chi connectivity index (χ0v) is 12.9. The molecule has 2 saturated heterocycles. The van der Waals surface area contributed by atoms with Crippen LogP contribution in [0.3, 0.4) is 0 Å². The van der Waals surface area contributed by atoms with Gasteiger partial charge < -0.3 is 14.9 Å². The first-order valence-corrected chi connectivity index (χ1v) is 8.57. The number of aliphatic hydroxyl groups is 1. The van der Waals surface area contributed by atoms with Gasteiger partial charge in [-0.2, -0.15) is 0 Å². The van der Waals surface area contributed by atoms with Crippen LogP contribution < -0.4 is 0 Å². The van der Waals surface area contributed by atoms with Gasteiger partial charge in [-0.3, -0.25) is 9.59 Å². The van der Waals surface area contributed by atoms with E-state index in [4.69, 9.17) is 0 Å².